The van der Waals surface area contributed by atoms with Gasteiger partial charge in [-0.25, -0.2) is 13.6 Å². The first-order valence-electron chi connectivity index (χ1n) is 20.3. The van der Waals surface area contributed by atoms with E-state index in [2.05, 4.69) is 37.9 Å². The highest BCUT2D eigenvalue weighted by atomic mass is 19.3. The number of amides is 5. The Hall–Kier alpha value is -5.92. The zero-order valence-corrected chi connectivity index (χ0v) is 33.4. The van der Waals surface area contributed by atoms with Crippen molar-refractivity contribution < 1.29 is 42.9 Å². The average Bonchev–Trinajstić information content (AvgIpc) is 3.94. The third-order valence-corrected chi connectivity index (χ3v) is 12.1. The van der Waals surface area contributed by atoms with Crippen molar-refractivity contribution in [3.05, 3.63) is 41.6 Å². The number of fused-ring (bicyclic) bond motifs is 1. The van der Waals surface area contributed by atoms with E-state index in [0.29, 0.717) is 57.6 Å². The van der Waals surface area contributed by atoms with Crippen LogP contribution < -0.4 is 16.0 Å². The summed E-state index contributed by atoms with van der Waals surface area (Å²) in [5.74, 6) is -2.44. The molecule has 5 aliphatic heterocycles. The largest absolute Gasteiger partial charge is 0.494 e. The molecule has 6 N–H and O–H groups in total. The molecule has 322 valence electrons. The summed E-state index contributed by atoms with van der Waals surface area (Å²) in [6.45, 7) is 5.69. The summed E-state index contributed by atoms with van der Waals surface area (Å²) in [5, 5.41) is 54.7. The van der Waals surface area contributed by atoms with E-state index in [9.17, 15) is 43.6 Å². The summed E-state index contributed by atoms with van der Waals surface area (Å²) in [6.07, 6.45) is 2.81. The number of aromatic hydroxyl groups is 2. The number of carbonyl (C=O) groups is 4. The van der Waals surface area contributed by atoms with Gasteiger partial charge in [0.05, 0.1) is 24.3 Å². The van der Waals surface area contributed by atoms with Gasteiger partial charge in [-0.05, 0) is 68.2 Å². The normalized spacial score (nSPS) is 24.0. The number of alkyl halides is 2. The number of carbonyl (C=O) groups excluding carboxylic acids is 4. The summed E-state index contributed by atoms with van der Waals surface area (Å²) in [7, 11) is 1.56. The topological polar surface area (TPSA) is 230 Å². The maximum absolute atomic E-state index is 13.6. The Labute approximate surface area is 344 Å². The van der Waals surface area contributed by atoms with Crippen molar-refractivity contribution in [1.82, 2.24) is 35.3 Å². The molecule has 0 aliphatic carbocycles. The molecular weight excluding hydrogens is 785 g/mol. The highest BCUT2D eigenvalue weighted by molar-refractivity contribution is 6.01. The SMILES string of the molecule is C=C(CCC1CCN(C(=N)C2=C(NC3CCOCC3)CCN(C(=O)NC)C2)[C@@H]1C1CC=NN1CC(=O)N=Nc1ccc2c(O)n(C3CCC(=O)NC3=O)c(O)c2c1)C(F)F. The molecule has 2 aromatic rings. The van der Waals surface area contributed by atoms with Crippen LogP contribution in [0, 0.1) is 11.3 Å². The second-order valence-electron chi connectivity index (χ2n) is 15.8. The maximum atomic E-state index is 13.6. The van der Waals surface area contributed by atoms with Gasteiger partial charge in [-0.2, -0.15) is 5.10 Å². The molecule has 5 amide bonds. The quantitative estimate of drug-likeness (QED) is 0.0591. The number of urea groups is 1. The van der Waals surface area contributed by atoms with E-state index in [-0.39, 0.29) is 84.1 Å². The van der Waals surface area contributed by atoms with Crippen LogP contribution >= 0.6 is 0 Å². The Bertz CT molecular complexity index is 2130. The highest BCUT2D eigenvalue weighted by Gasteiger charge is 2.45. The maximum Gasteiger partial charge on any atom is 0.317 e. The van der Waals surface area contributed by atoms with Crippen LogP contribution in [-0.2, 0) is 19.1 Å². The van der Waals surface area contributed by atoms with E-state index in [4.69, 9.17) is 4.74 Å². The predicted octanol–water partition coefficient (Wildman–Crippen LogP) is 4.04. The number of ether oxygens (including phenoxy) is 1. The number of nitrogens with one attached hydrogen (secondary N) is 4. The molecule has 6 heterocycles. The number of rotatable bonds is 12. The number of amidine groups is 1. The first kappa shape index (κ1) is 42.2. The first-order chi connectivity index (χ1) is 28.8. The first-order valence-corrected chi connectivity index (χ1v) is 20.3. The highest BCUT2D eigenvalue weighted by Crippen LogP contribution is 2.42. The number of piperidine rings is 1. The van der Waals surface area contributed by atoms with Crippen LogP contribution in [0.25, 0.3) is 10.8 Å². The Balaban J connectivity index is 1.11. The third-order valence-electron chi connectivity index (χ3n) is 12.1. The van der Waals surface area contributed by atoms with Crippen LogP contribution in [0.4, 0.5) is 19.3 Å². The van der Waals surface area contributed by atoms with Crippen LogP contribution in [-0.4, -0.2) is 136 Å². The van der Waals surface area contributed by atoms with Gasteiger partial charge in [0.1, 0.15) is 18.4 Å². The minimum absolute atomic E-state index is 0.0367. The van der Waals surface area contributed by atoms with Crippen LogP contribution in [0.5, 0.6) is 11.8 Å². The fraction of sp³-hybridized carbons (Fsp3) is 0.550. The second-order valence-corrected chi connectivity index (χ2v) is 15.8. The van der Waals surface area contributed by atoms with Crippen LogP contribution in [0.15, 0.2) is 57.0 Å². The number of azo groups is 1. The molecule has 60 heavy (non-hydrogen) atoms. The number of nitrogens with zero attached hydrogens (tertiary/aromatic N) is 7. The smallest absolute Gasteiger partial charge is 0.317 e. The van der Waals surface area contributed by atoms with Gasteiger partial charge in [-0.15, -0.1) is 10.2 Å². The van der Waals surface area contributed by atoms with E-state index in [1.165, 1.54) is 18.2 Å². The lowest BCUT2D eigenvalue weighted by Gasteiger charge is -2.40. The minimum Gasteiger partial charge on any atom is -0.494 e. The molecule has 0 radical (unpaired) electrons. The van der Waals surface area contributed by atoms with Crippen LogP contribution in [0.3, 0.4) is 0 Å². The molecule has 3 unspecified atom stereocenters. The molecular formula is C40H51F2N11O7. The van der Waals surface area contributed by atoms with Crippen LogP contribution in [0.2, 0.25) is 0 Å². The summed E-state index contributed by atoms with van der Waals surface area (Å²) in [4.78, 5) is 54.1. The molecule has 1 aromatic carbocycles. The molecule has 3 fully saturated rings. The lowest BCUT2D eigenvalue weighted by atomic mass is 9.87. The molecule has 0 bridgehead atoms. The molecule has 0 saturated carbocycles. The number of hydrogen-bond donors (Lipinski definition) is 6. The fourth-order valence-corrected chi connectivity index (χ4v) is 8.97. The van der Waals surface area contributed by atoms with Gasteiger partial charge in [0.25, 0.3) is 12.3 Å². The molecule has 1 aromatic heterocycles. The number of allylic oxidation sites excluding steroid dienone is 1. The molecule has 3 saturated heterocycles. The average molecular weight is 836 g/mol. The monoisotopic (exact) mass is 835 g/mol. The summed E-state index contributed by atoms with van der Waals surface area (Å²) in [5.41, 5.74) is 1.59. The lowest BCUT2D eigenvalue weighted by Crippen LogP contribution is -2.53. The predicted molar refractivity (Wildman–Crippen MR) is 215 cm³/mol. The lowest BCUT2D eigenvalue weighted by molar-refractivity contribution is -0.136. The summed E-state index contributed by atoms with van der Waals surface area (Å²) < 4.78 is 33.8. The number of imide groups is 1. The molecule has 20 heteroatoms. The standard InChI is InChI=1S/C40H51F2N11O7/c1-22(35(41)42)3-4-23-10-16-51(36(43)28-20-50(40(59)44-2)15-11-29(28)46-24-12-17-60-18-13-24)34(23)30-9-14-45-52(30)21-33(55)49-48-25-5-6-26-27(19-25)39(58)53(38(26)57)31-7-8-32(54)47-37(31)56/h5-6,14,19,23-24,30-31,34-35,43,46,57-58H,1,3-4,7-13,15-18,20-21H2,2H3,(H,44,59)(H,47,54,56)/t23?,30?,31?,34-/m0/s1. The number of hydrazone groups is 1. The zero-order valence-electron chi connectivity index (χ0n) is 33.4. The van der Waals surface area contributed by atoms with E-state index in [1.807, 2.05) is 4.90 Å². The number of benzene rings is 1. The van der Waals surface area contributed by atoms with Gasteiger partial charge in [0, 0.05) is 86.9 Å². The van der Waals surface area contributed by atoms with Crippen molar-refractivity contribution in [2.24, 2.45) is 21.2 Å². The van der Waals surface area contributed by atoms with Gasteiger partial charge >= 0.3 is 6.03 Å². The number of likely N-dealkylation sites (tertiary alicyclic amines) is 1. The Kier molecular flexibility index (Phi) is 12.8. The molecule has 18 nitrogen and oxygen atoms in total. The van der Waals surface area contributed by atoms with E-state index in [0.717, 1.165) is 23.1 Å². The molecule has 4 atom stereocenters. The summed E-state index contributed by atoms with van der Waals surface area (Å²) in [6, 6.07) is 2.43. The van der Waals surface area contributed by atoms with Crippen molar-refractivity contribution in [1.29, 1.82) is 5.41 Å². The summed E-state index contributed by atoms with van der Waals surface area (Å²) >= 11 is 0. The molecule has 7 rings (SSSR count). The van der Waals surface area contributed by atoms with Crippen molar-refractivity contribution in [2.75, 3.05) is 46.4 Å². The number of halogens is 2. The molecule has 5 aliphatic rings. The van der Waals surface area contributed by atoms with Crippen molar-refractivity contribution in [2.45, 2.75) is 88.4 Å². The third kappa shape index (κ3) is 8.83. The van der Waals surface area contributed by atoms with E-state index >= 15 is 0 Å². The van der Waals surface area contributed by atoms with Gasteiger partial charge in [-0.3, -0.25) is 34.7 Å². The number of hydrogen-bond acceptors (Lipinski definition) is 12. The Morgan fingerprint density at radius 3 is 2.60 bits per heavy atom. The fourth-order valence-electron chi connectivity index (χ4n) is 8.97. The minimum atomic E-state index is -2.66. The molecule has 0 spiro atoms. The van der Waals surface area contributed by atoms with Gasteiger partial charge in [0.15, 0.2) is 0 Å². The zero-order chi connectivity index (χ0) is 42.7. The van der Waals surface area contributed by atoms with Crippen molar-refractivity contribution in [3.8, 4) is 11.8 Å². The van der Waals surface area contributed by atoms with E-state index in [1.54, 1.807) is 23.2 Å². The van der Waals surface area contributed by atoms with Crippen molar-refractivity contribution in [3.63, 3.8) is 0 Å². The van der Waals surface area contributed by atoms with Gasteiger partial charge in [0.2, 0.25) is 23.6 Å². The Morgan fingerprint density at radius 2 is 1.87 bits per heavy atom. The second kappa shape index (κ2) is 18.1. The Morgan fingerprint density at radius 1 is 1.10 bits per heavy atom. The van der Waals surface area contributed by atoms with E-state index < -0.39 is 48.2 Å². The van der Waals surface area contributed by atoms with Gasteiger partial charge < -0.3 is 35.4 Å². The van der Waals surface area contributed by atoms with Crippen LogP contribution in [0.1, 0.15) is 63.8 Å². The number of aromatic nitrogens is 1. The van der Waals surface area contributed by atoms with Crippen molar-refractivity contribution >= 4 is 52.3 Å². The van der Waals surface area contributed by atoms with Gasteiger partial charge in [-0.1, -0.05) is 6.58 Å².